The lowest BCUT2D eigenvalue weighted by Crippen LogP contribution is -2.16. The number of ether oxygens (including phenoxy) is 11. The number of benzene rings is 4. The van der Waals surface area contributed by atoms with Gasteiger partial charge in [-0.3, -0.25) is 4.79 Å². The molecule has 0 unspecified atom stereocenters. The number of nitrogens with one attached hydrogen (secondary N) is 1. The summed E-state index contributed by atoms with van der Waals surface area (Å²) in [7, 11) is 1.73. The first-order chi connectivity index (χ1) is 73.7. The van der Waals surface area contributed by atoms with Gasteiger partial charge in [-0.2, -0.15) is 0 Å². The molecule has 150 heavy (non-hydrogen) atoms. The molecule has 834 valence electrons. The number of hydrogen-bond donors (Lipinski definition) is 2. The van der Waals surface area contributed by atoms with E-state index in [4.69, 9.17) is 67.1 Å². The van der Waals surface area contributed by atoms with Crippen LogP contribution in [0.1, 0.15) is 509 Å². The molecule has 0 radical (unpaired) electrons. The standard InChI is InChI=1S/C133H204N4O13/c1-13-20-26-32-38-44-50-56-62-68-82-141-121-78-74-106(88-124(121)144-85-71-65-59-53-47-41-35-29-23-16-4)97-147-127-91-109(100-149-129(139)81-77-111-103(9)116-94-114-104(10)113(101-140-12)119(135-114)95-115-102(8)110(19-7)118(134-115)96-117-105(11)130-120(138)93-112(131(111)136-116)132(130)137-117)92-128(148-98-107-75-79-122(142-83-69-63-57-51-45-39-33-27-21-14-2)125(89-107)145-86-72-66-60-54-48-42-36-30-24-17-5)133(127)150-99-108-76-80-123(143-84-70-64-58-52-46-40-34-28-22-15-3)126(90-108)146-87-73-67-61-55-49-43-37-31-25-18-6/h74-76,78-80,88-92,94-96,103,111,136,138H,13-73,77,81-87,93,97-101H2,1-12H3/t103-,111-/m0/s1. The smallest absolute Gasteiger partial charge is 0.306 e. The molecule has 5 aliphatic heterocycles. The van der Waals surface area contributed by atoms with Gasteiger partial charge in [-0.1, -0.05) is 420 Å². The number of hydrogen-bond acceptors (Lipinski definition) is 17. The second-order valence-corrected chi connectivity index (χ2v) is 44.0. The van der Waals surface area contributed by atoms with Crippen LogP contribution in [0.15, 0.2) is 173 Å². The molecular weight excluding hydrogens is 1860 g/mol. The number of aliphatic imine (C=N–C) groups is 3. The van der Waals surface area contributed by atoms with Crippen LogP contribution in [-0.2, 0) is 40.7 Å². The molecule has 1 fully saturated rings. The fraction of sp³-hybridized carbons (Fsp3) is 0.669. The first-order valence-electron chi connectivity index (χ1n) is 61.5. The van der Waals surface area contributed by atoms with Gasteiger partial charge in [0.15, 0.2) is 46.0 Å². The molecule has 4 aromatic rings. The van der Waals surface area contributed by atoms with Crippen LogP contribution >= 0.6 is 0 Å². The Hall–Kier alpha value is -8.96. The van der Waals surface area contributed by atoms with Crippen molar-refractivity contribution in [2.24, 2.45) is 26.8 Å². The van der Waals surface area contributed by atoms with E-state index in [1.54, 1.807) is 7.11 Å². The Balaban J connectivity index is 0.995. The Morgan fingerprint density at radius 2 is 0.660 bits per heavy atom. The Morgan fingerprint density at radius 1 is 0.340 bits per heavy atom. The third kappa shape index (κ3) is 43.8. The van der Waals surface area contributed by atoms with Crippen molar-refractivity contribution < 1.29 is 62.0 Å². The van der Waals surface area contributed by atoms with Crippen LogP contribution in [0, 0.1) is 11.8 Å². The number of nitrogens with zero attached hydrogens (tertiary/aromatic N) is 3. The van der Waals surface area contributed by atoms with Crippen molar-refractivity contribution in [1.29, 1.82) is 0 Å². The maximum atomic E-state index is 15.2. The lowest BCUT2D eigenvalue weighted by atomic mass is 9.86. The number of fused-ring (bicyclic) bond motifs is 5. The normalized spacial score (nSPS) is 15.3. The molecule has 0 spiro atoms. The van der Waals surface area contributed by atoms with Gasteiger partial charge in [0.25, 0.3) is 0 Å². The summed E-state index contributed by atoms with van der Waals surface area (Å²) >= 11 is 0. The summed E-state index contributed by atoms with van der Waals surface area (Å²) in [5, 5.41) is 16.0. The minimum Gasteiger partial charge on any atom is -0.511 e. The number of allylic oxidation sites excluding steroid dienone is 11. The minimum absolute atomic E-state index is 0.0948. The highest BCUT2D eigenvalue weighted by atomic mass is 16.6. The van der Waals surface area contributed by atoms with Crippen LogP contribution in [-0.4, -0.2) is 81.6 Å². The van der Waals surface area contributed by atoms with Gasteiger partial charge < -0.3 is 62.5 Å². The fourth-order valence-electron chi connectivity index (χ4n) is 21.8. The number of methoxy groups -OCH3 is 1. The van der Waals surface area contributed by atoms with E-state index in [9.17, 15) is 5.11 Å². The van der Waals surface area contributed by atoms with Crippen LogP contribution in [0.5, 0.6) is 51.7 Å². The van der Waals surface area contributed by atoms with Crippen LogP contribution in [0.2, 0.25) is 0 Å². The zero-order chi connectivity index (χ0) is 106. The second-order valence-electron chi connectivity index (χ2n) is 44.0. The van der Waals surface area contributed by atoms with E-state index in [0.29, 0.717) is 99.2 Å². The first kappa shape index (κ1) is 123. The molecule has 17 heteroatoms. The lowest BCUT2D eigenvalue weighted by Gasteiger charge is -2.21. The molecule has 0 amide bonds. The number of unbranched alkanes of at least 4 members (excludes halogenated alkanes) is 54. The summed E-state index contributed by atoms with van der Waals surface area (Å²) in [6, 6.07) is 22.7. The number of aliphatic hydroxyl groups excluding tert-OH is 1. The molecule has 6 aliphatic rings. The van der Waals surface area contributed by atoms with Crippen LogP contribution in [0.4, 0.5) is 0 Å². The number of esters is 1. The van der Waals surface area contributed by atoms with E-state index in [-0.39, 0.29) is 56.4 Å². The Bertz CT molecular complexity index is 4830. The zero-order valence-corrected chi connectivity index (χ0v) is 96.5. The van der Waals surface area contributed by atoms with E-state index in [1.165, 1.54) is 308 Å². The SMILES string of the molecule is CCCCCCCCCCCCOc1ccc(COc2cc(COC(=O)CC[C@@H]3C4=C5CC(O)=C6C5=NC(=C6C)C=C5N=C(C=C6N=C(C=C(N4)[C@H]3C)C(C)=C6COC)C(C)=C5CC)cc(OCc3ccc(OCCCCCCCCCCCC)c(OCCCCCCCCCCCC)c3)c2OCc2ccc(OCCCCCCCCCCCC)c(OCCCCCCCCCCCC)c2)cc1OCCCCCCCCCCCC. The number of carbonyl (C=O) groups excluding carboxylic acids is 1. The van der Waals surface area contributed by atoms with Crippen molar-refractivity contribution in [2.45, 2.75) is 514 Å². The Labute approximate surface area is 910 Å². The predicted molar refractivity (Wildman–Crippen MR) is 626 cm³/mol. The Morgan fingerprint density at radius 3 is 1.01 bits per heavy atom. The van der Waals surface area contributed by atoms with Gasteiger partial charge >= 0.3 is 5.97 Å². The predicted octanol–water partition coefficient (Wildman–Crippen LogP) is 38.4. The maximum absolute atomic E-state index is 15.2. The van der Waals surface area contributed by atoms with E-state index in [0.717, 1.165) is 202 Å². The Kier molecular flexibility index (Phi) is 60.8. The number of rotatable bonds is 89. The molecular formula is C133H204N4O13. The van der Waals surface area contributed by atoms with Gasteiger partial charge in [0.1, 0.15) is 32.2 Å². The third-order valence-corrected chi connectivity index (χ3v) is 31.3. The molecule has 4 aromatic carbocycles. The molecule has 5 heterocycles. The average Bonchev–Trinajstić information content (AvgIpc) is 1.58. The summed E-state index contributed by atoms with van der Waals surface area (Å²) in [6.45, 7) is 28.7. The molecule has 0 saturated carbocycles. The van der Waals surface area contributed by atoms with Gasteiger partial charge in [0.2, 0.25) is 5.75 Å². The highest BCUT2D eigenvalue weighted by Crippen LogP contribution is 2.49. The summed E-state index contributed by atoms with van der Waals surface area (Å²) in [4.78, 5) is 31.2. The number of aliphatic hydroxyl groups is 1. The topological polar surface area (TPSA) is 188 Å². The molecule has 17 nitrogen and oxygen atoms in total. The monoisotopic (exact) mass is 2070 g/mol. The molecule has 2 atom stereocenters. The molecule has 1 saturated heterocycles. The highest BCUT2D eigenvalue weighted by molar-refractivity contribution is 6.21. The van der Waals surface area contributed by atoms with Gasteiger partial charge in [-0.05, 0) is 183 Å². The lowest BCUT2D eigenvalue weighted by molar-refractivity contribution is -0.145. The van der Waals surface area contributed by atoms with Gasteiger partial charge in [0.05, 0.1) is 80.5 Å². The van der Waals surface area contributed by atoms with E-state index >= 15 is 4.79 Å². The first-order valence-corrected chi connectivity index (χ1v) is 61.5. The van der Waals surface area contributed by atoms with Crippen LogP contribution in [0.3, 0.4) is 0 Å². The summed E-state index contributed by atoms with van der Waals surface area (Å²) in [6.07, 6.45) is 82.5. The van der Waals surface area contributed by atoms with Crippen molar-refractivity contribution >= 4 is 23.1 Å². The molecule has 10 rings (SSSR count). The minimum atomic E-state index is -0.363. The van der Waals surface area contributed by atoms with E-state index < -0.39 is 0 Å². The largest absolute Gasteiger partial charge is 0.511 e. The van der Waals surface area contributed by atoms with Crippen molar-refractivity contribution in [2.75, 3.05) is 53.4 Å². The second kappa shape index (κ2) is 74.2. The molecule has 2 N–H and O–H groups in total. The molecule has 0 aromatic heterocycles. The van der Waals surface area contributed by atoms with Crippen LogP contribution in [0.25, 0.3) is 0 Å². The van der Waals surface area contributed by atoms with Crippen molar-refractivity contribution in [1.82, 2.24) is 5.32 Å². The molecule has 8 bridgehead atoms. The maximum Gasteiger partial charge on any atom is 0.306 e. The van der Waals surface area contributed by atoms with Gasteiger partial charge in [-0.15, -0.1) is 0 Å². The summed E-state index contributed by atoms with van der Waals surface area (Å²) in [5.74, 6) is 5.21. The summed E-state index contributed by atoms with van der Waals surface area (Å²) in [5.41, 5.74) is 17.0. The third-order valence-electron chi connectivity index (χ3n) is 31.3. The van der Waals surface area contributed by atoms with Crippen molar-refractivity contribution in [3.05, 3.63) is 180 Å². The van der Waals surface area contributed by atoms with E-state index in [1.807, 2.05) is 19.1 Å². The van der Waals surface area contributed by atoms with Crippen LogP contribution < -0.4 is 47.9 Å². The summed E-state index contributed by atoms with van der Waals surface area (Å²) < 4.78 is 75.1. The quantitative estimate of drug-likeness (QED) is 0.0314. The van der Waals surface area contributed by atoms with Crippen molar-refractivity contribution in [3.8, 4) is 51.7 Å². The fourth-order valence-corrected chi connectivity index (χ4v) is 21.8. The highest BCUT2D eigenvalue weighted by Gasteiger charge is 2.42. The zero-order valence-electron chi connectivity index (χ0n) is 96.5. The van der Waals surface area contributed by atoms with E-state index in [2.05, 4.69) is 147 Å². The van der Waals surface area contributed by atoms with Gasteiger partial charge in [-0.25, -0.2) is 15.0 Å². The number of carbonyl (C=O) groups is 1. The van der Waals surface area contributed by atoms with Crippen molar-refractivity contribution in [3.63, 3.8) is 0 Å². The average molecular weight is 2070 g/mol. The van der Waals surface area contributed by atoms with Gasteiger partial charge in [0, 0.05) is 59.9 Å². The molecule has 1 aliphatic carbocycles.